The molecule has 1 aromatic carbocycles. The van der Waals surface area contributed by atoms with Crippen LogP contribution in [0.4, 0.5) is 5.13 Å². The fourth-order valence-corrected chi connectivity index (χ4v) is 3.24. The predicted molar refractivity (Wildman–Crippen MR) is 95.2 cm³/mol. The predicted octanol–water partition coefficient (Wildman–Crippen LogP) is 3.99. The van der Waals surface area contributed by atoms with Crippen LogP contribution < -0.4 is 5.32 Å². The molecule has 1 unspecified atom stereocenters. The van der Waals surface area contributed by atoms with Gasteiger partial charge in [-0.25, -0.2) is 4.98 Å². The molecule has 0 saturated heterocycles. The summed E-state index contributed by atoms with van der Waals surface area (Å²) in [6.07, 6.45) is 6.94. The van der Waals surface area contributed by atoms with Gasteiger partial charge in [0, 0.05) is 41.1 Å². The van der Waals surface area contributed by atoms with Crippen LogP contribution in [0.15, 0.2) is 66.6 Å². The minimum absolute atomic E-state index is 0.172. The Hall–Kier alpha value is -2.99. The van der Waals surface area contributed by atoms with Gasteiger partial charge >= 0.3 is 0 Å². The van der Waals surface area contributed by atoms with E-state index in [1.807, 2.05) is 41.8 Å². The molecule has 24 heavy (non-hydrogen) atoms. The molecule has 5 nitrogen and oxygen atoms in total. The summed E-state index contributed by atoms with van der Waals surface area (Å²) in [7, 11) is 0. The monoisotopic (exact) mass is 334 g/mol. The standard InChI is InChI=1S/C18H14N4OS/c23-17-14(6-5-12-3-2-8-20-16(12)17)15(13-4-1-7-19-11-13)22-18-21-9-10-24-18/h1-11,15,23H,(H,21,22). The number of benzene rings is 1. The summed E-state index contributed by atoms with van der Waals surface area (Å²) in [6.45, 7) is 0. The number of aromatic nitrogens is 3. The van der Waals surface area contributed by atoms with Crippen molar-refractivity contribution in [2.75, 3.05) is 5.32 Å². The molecule has 2 N–H and O–H groups in total. The van der Waals surface area contributed by atoms with Crippen LogP contribution in [0, 0.1) is 0 Å². The highest BCUT2D eigenvalue weighted by Crippen LogP contribution is 2.36. The molecule has 3 aromatic heterocycles. The second-order valence-electron chi connectivity index (χ2n) is 5.28. The highest BCUT2D eigenvalue weighted by molar-refractivity contribution is 7.13. The van der Waals surface area contributed by atoms with Crippen molar-refractivity contribution >= 4 is 27.4 Å². The zero-order valence-electron chi connectivity index (χ0n) is 12.6. The quantitative estimate of drug-likeness (QED) is 0.590. The van der Waals surface area contributed by atoms with Gasteiger partial charge in [-0.2, -0.15) is 0 Å². The minimum Gasteiger partial charge on any atom is -0.505 e. The van der Waals surface area contributed by atoms with E-state index in [2.05, 4.69) is 20.3 Å². The zero-order chi connectivity index (χ0) is 16.4. The van der Waals surface area contributed by atoms with Crippen LogP contribution in [0.25, 0.3) is 10.9 Å². The van der Waals surface area contributed by atoms with Crippen molar-refractivity contribution in [3.05, 3.63) is 77.7 Å². The Kier molecular flexibility index (Phi) is 3.80. The second-order valence-corrected chi connectivity index (χ2v) is 6.17. The number of anilines is 1. The fraction of sp³-hybridized carbons (Fsp3) is 0.0556. The molecular weight excluding hydrogens is 320 g/mol. The van der Waals surface area contributed by atoms with Gasteiger partial charge in [-0.3, -0.25) is 9.97 Å². The molecular formula is C18H14N4OS. The van der Waals surface area contributed by atoms with Gasteiger partial charge in [-0.1, -0.05) is 24.3 Å². The molecule has 0 aliphatic heterocycles. The summed E-state index contributed by atoms with van der Waals surface area (Å²) >= 11 is 1.51. The number of rotatable bonds is 4. The molecule has 0 bridgehead atoms. The van der Waals surface area contributed by atoms with Gasteiger partial charge in [-0.15, -0.1) is 11.3 Å². The summed E-state index contributed by atoms with van der Waals surface area (Å²) in [4.78, 5) is 12.8. The molecule has 0 fully saturated rings. The number of nitrogens with one attached hydrogen (secondary N) is 1. The van der Waals surface area contributed by atoms with Gasteiger partial charge < -0.3 is 10.4 Å². The van der Waals surface area contributed by atoms with Crippen LogP contribution in [-0.2, 0) is 0 Å². The van der Waals surface area contributed by atoms with Crippen molar-refractivity contribution in [1.82, 2.24) is 15.0 Å². The lowest BCUT2D eigenvalue weighted by Gasteiger charge is -2.20. The first-order valence-corrected chi connectivity index (χ1v) is 8.33. The summed E-state index contributed by atoms with van der Waals surface area (Å²) in [5.41, 5.74) is 2.27. The third-order valence-electron chi connectivity index (χ3n) is 3.81. The van der Waals surface area contributed by atoms with Gasteiger partial charge in [0.25, 0.3) is 0 Å². The average molecular weight is 334 g/mol. The van der Waals surface area contributed by atoms with Gasteiger partial charge in [-0.05, 0) is 17.7 Å². The van der Waals surface area contributed by atoms with E-state index in [-0.39, 0.29) is 11.8 Å². The number of hydrogen-bond donors (Lipinski definition) is 2. The average Bonchev–Trinajstić information content (AvgIpc) is 3.15. The van der Waals surface area contributed by atoms with Crippen molar-refractivity contribution < 1.29 is 5.11 Å². The summed E-state index contributed by atoms with van der Waals surface area (Å²) in [5, 5.41) is 17.7. The summed E-state index contributed by atoms with van der Waals surface area (Å²) < 4.78 is 0. The molecule has 0 saturated carbocycles. The van der Waals surface area contributed by atoms with Crippen molar-refractivity contribution in [2.45, 2.75) is 6.04 Å². The van der Waals surface area contributed by atoms with Crippen molar-refractivity contribution in [2.24, 2.45) is 0 Å². The third kappa shape index (κ3) is 2.68. The van der Waals surface area contributed by atoms with E-state index in [1.54, 1.807) is 24.8 Å². The normalized spacial score (nSPS) is 12.2. The van der Waals surface area contributed by atoms with Crippen LogP contribution in [0.1, 0.15) is 17.2 Å². The Morgan fingerprint density at radius 2 is 1.92 bits per heavy atom. The maximum absolute atomic E-state index is 10.8. The Morgan fingerprint density at radius 1 is 1.00 bits per heavy atom. The smallest absolute Gasteiger partial charge is 0.183 e. The Bertz CT molecular complexity index is 957. The van der Waals surface area contributed by atoms with Gasteiger partial charge in [0.05, 0.1) is 6.04 Å². The Labute approximate surface area is 142 Å². The lowest BCUT2D eigenvalue weighted by atomic mass is 9.97. The molecule has 4 aromatic rings. The van der Waals surface area contributed by atoms with Crippen LogP contribution in [0.3, 0.4) is 0 Å². The summed E-state index contributed by atoms with van der Waals surface area (Å²) in [5.74, 6) is 0.172. The largest absolute Gasteiger partial charge is 0.505 e. The minimum atomic E-state index is -0.267. The van der Waals surface area contributed by atoms with Crippen molar-refractivity contribution in [1.29, 1.82) is 0 Å². The number of phenols is 1. The number of pyridine rings is 2. The maximum Gasteiger partial charge on any atom is 0.183 e. The van der Waals surface area contributed by atoms with Crippen LogP contribution >= 0.6 is 11.3 Å². The number of hydrogen-bond acceptors (Lipinski definition) is 6. The van der Waals surface area contributed by atoms with Crippen LogP contribution in [-0.4, -0.2) is 20.1 Å². The zero-order valence-corrected chi connectivity index (χ0v) is 13.4. The molecule has 0 aliphatic rings. The van der Waals surface area contributed by atoms with Crippen molar-refractivity contribution in [3.8, 4) is 5.75 Å². The third-order valence-corrected chi connectivity index (χ3v) is 4.51. The maximum atomic E-state index is 10.8. The molecule has 1 atom stereocenters. The molecule has 0 amide bonds. The number of aromatic hydroxyl groups is 1. The lowest BCUT2D eigenvalue weighted by molar-refractivity contribution is 0.471. The highest BCUT2D eigenvalue weighted by Gasteiger charge is 2.20. The van der Waals surface area contributed by atoms with Gasteiger partial charge in [0.15, 0.2) is 5.13 Å². The first-order chi connectivity index (χ1) is 11.8. The Balaban J connectivity index is 1.85. The topological polar surface area (TPSA) is 70.9 Å². The molecule has 0 radical (unpaired) electrons. The van der Waals surface area contributed by atoms with Crippen LogP contribution in [0.2, 0.25) is 0 Å². The molecule has 3 heterocycles. The van der Waals surface area contributed by atoms with E-state index >= 15 is 0 Å². The first-order valence-electron chi connectivity index (χ1n) is 7.45. The van der Waals surface area contributed by atoms with E-state index in [9.17, 15) is 5.11 Å². The molecule has 118 valence electrons. The number of fused-ring (bicyclic) bond motifs is 1. The second kappa shape index (κ2) is 6.25. The fourth-order valence-electron chi connectivity index (χ4n) is 2.68. The molecule has 0 spiro atoms. The Morgan fingerprint density at radius 3 is 2.71 bits per heavy atom. The number of phenolic OH excluding ortho intramolecular Hbond substituents is 1. The molecule has 4 rings (SSSR count). The van der Waals surface area contributed by atoms with Crippen LogP contribution in [0.5, 0.6) is 5.75 Å². The van der Waals surface area contributed by atoms with Gasteiger partial charge in [0.2, 0.25) is 0 Å². The van der Waals surface area contributed by atoms with E-state index in [4.69, 9.17) is 0 Å². The molecule has 0 aliphatic carbocycles. The van der Waals surface area contributed by atoms with E-state index in [0.717, 1.165) is 21.6 Å². The number of thiazole rings is 1. The van der Waals surface area contributed by atoms with E-state index < -0.39 is 0 Å². The van der Waals surface area contributed by atoms with Crippen molar-refractivity contribution in [3.63, 3.8) is 0 Å². The van der Waals surface area contributed by atoms with Gasteiger partial charge in [0.1, 0.15) is 11.3 Å². The van der Waals surface area contributed by atoms with E-state index in [0.29, 0.717) is 5.52 Å². The number of nitrogens with zero attached hydrogens (tertiary/aromatic N) is 3. The lowest BCUT2D eigenvalue weighted by Crippen LogP contribution is -2.13. The highest BCUT2D eigenvalue weighted by atomic mass is 32.1. The first kappa shape index (κ1) is 14.6. The summed E-state index contributed by atoms with van der Waals surface area (Å²) in [6, 6.07) is 11.2. The SMILES string of the molecule is Oc1c(C(Nc2nccs2)c2cccnc2)ccc2cccnc12. The molecule has 6 heteroatoms. The van der Waals surface area contributed by atoms with E-state index in [1.165, 1.54) is 11.3 Å².